The molecule has 0 spiro atoms. The highest BCUT2D eigenvalue weighted by molar-refractivity contribution is 7.87. The summed E-state index contributed by atoms with van der Waals surface area (Å²) in [5, 5.41) is 21.8. The van der Waals surface area contributed by atoms with Crippen molar-refractivity contribution in [3.63, 3.8) is 0 Å². The van der Waals surface area contributed by atoms with E-state index in [1.165, 1.54) is 43.7 Å². The number of phenols is 1. The molecule has 68 heavy (non-hydrogen) atoms. The Balaban J connectivity index is 1.54. The number of H-pyrrole nitrogens is 2. The van der Waals surface area contributed by atoms with E-state index in [0.29, 0.717) is 32.5 Å². The molecule has 2 aromatic carbocycles. The van der Waals surface area contributed by atoms with Gasteiger partial charge in [0.25, 0.3) is 16.1 Å². The molecule has 364 valence electrons. The number of nitrogens with two attached hydrogens (primary N) is 2. The van der Waals surface area contributed by atoms with Crippen LogP contribution in [-0.4, -0.2) is 118 Å². The van der Waals surface area contributed by atoms with Crippen LogP contribution < -0.4 is 48.2 Å². The first-order valence-corrected chi connectivity index (χ1v) is 22.2. The Kier molecular flexibility index (Phi) is 19.6. The molecule has 23 nitrogen and oxygen atoms in total. The molecule has 4 unspecified atom stereocenters. The van der Waals surface area contributed by atoms with Gasteiger partial charge in [-0.15, -0.1) is 0 Å². The first-order valence-electron chi connectivity index (χ1n) is 20.8. The van der Waals surface area contributed by atoms with E-state index in [1.54, 1.807) is 43.5 Å². The third kappa shape index (κ3) is 16.6. The SMILES string of the molecule is C=Cc1[nH]cc(CC(NC(=O)C(Cc2cnc[nH]2)NC(=O)CNC(=O)C(N)Cc2ccc(O)cc2)C(=O)NC(C)C(=O)NN(Cc2ccc(F)cc2)S(=O)(=O)NCC(=O)NCC(N)=O)c1/C=C\C. The molecule has 0 saturated carbocycles. The van der Waals surface area contributed by atoms with Crippen LogP contribution in [0, 0.1) is 5.82 Å². The highest BCUT2D eigenvalue weighted by atomic mass is 32.2. The Morgan fingerprint density at radius 3 is 2.13 bits per heavy atom. The van der Waals surface area contributed by atoms with Crippen molar-refractivity contribution in [3.05, 3.63) is 119 Å². The second-order valence-electron chi connectivity index (χ2n) is 15.1. The van der Waals surface area contributed by atoms with Gasteiger partial charge in [0, 0.05) is 42.2 Å². The van der Waals surface area contributed by atoms with Crippen molar-refractivity contribution >= 4 is 63.7 Å². The average molecular weight is 964 g/mol. The van der Waals surface area contributed by atoms with E-state index in [4.69, 9.17) is 11.5 Å². The van der Waals surface area contributed by atoms with Crippen molar-refractivity contribution in [2.75, 3.05) is 19.6 Å². The number of carbonyl (C=O) groups excluding carboxylic acids is 7. The maximum Gasteiger partial charge on any atom is 0.297 e. The molecule has 4 rings (SSSR count). The molecule has 0 aliphatic carbocycles. The van der Waals surface area contributed by atoms with Crippen molar-refractivity contribution < 1.29 is 51.5 Å². The van der Waals surface area contributed by atoms with Gasteiger partial charge in [0.15, 0.2) is 0 Å². The van der Waals surface area contributed by atoms with Crippen LogP contribution in [0.4, 0.5) is 4.39 Å². The van der Waals surface area contributed by atoms with Crippen molar-refractivity contribution in [2.24, 2.45) is 11.5 Å². The Labute approximate surface area is 390 Å². The van der Waals surface area contributed by atoms with Crippen LogP contribution in [0.5, 0.6) is 5.75 Å². The van der Waals surface area contributed by atoms with Gasteiger partial charge in [0.2, 0.25) is 35.4 Å². The van der Waals surface area contributed by atoms with E-state index in [1.807, 2.05) is 4.72 Å². The number of nitrogens with zero attached hydrogens (tertiary/aromatic N) is 2. The van der Waals surface area contributed by atoms with Crippen LogP contribution in [-0.2, 0) is 69.6 Å². The van der Waals surface area contributed by atoms with Gasteiger partial charge in [-0.05, 0) is 67.3 Å². The molecule has 4 atom stereocenters. The lowest BCUT2D eigenvalue weighted by atomic mass is 10.0. The van der Waals surface area contributed by atoms with Crippen molar-refractivity contribution in [1.82, 2.24) is 56.1 Å². The van der Waals surface area contributed by atoms with Crippen LogP contribution in [0.1, 0.15) is 47.5 Å². The third-order valence-electron chi connectivity index (χ3n) is 9.81. The second kappa shape index (κ2) is 25.2. The number of benzene rings is 2. The van der Waals surface area contributed by atoms with E-state index in [0.717, 1.165) is 12.1 Å². The second-order valence-corrected chi connectivity index (χ2v) is 16.8. The lowest BCUT2D eigenvalue weighted by Crippen LogP contribution is -2.59. The quantitative estimate of drug-likeness (QED) is 0.0310. The largest absolute Gasteiger partial charge is 0.508 e. The van der Waals surface area contributed by atoms with Gasteiger partial charge in [0.05, 0.1) is 38.5 Å². The van der Waals surface area contributed by atoms with E-state index < -0.39 is 108 Å². The number of rotatable bonds is 26. The standard InChI is InChI=1S/C43H54FN13O10S/c1-4-6-32-28(18-48-34(32)5-2)16-35(55-43(65)36(17-30-19-47-24-51-30)54-39(61)21-50-41(63)33(45)15-26-9-13-31(58)14-10-26)42(64)53-25(3)40(62)56-57(23-27-7-11-29(44)12-8-27)68(66,67)52-22-38(60)49-20-37(46)59/h4-14,18-19,24-25,33,35-36,48,52,58H,2,15-17,20-23,45H2,1,3H3,(H2,46,59)(H,47,51)(H,49,60)(H,50,63)(H,53,64)(H,54,61)(H,55,65)(H,56,62)/b6-4-. The Bertz CT molecular complexity index is 2550. The zero-order valence-corrected chi connectivity index (χ0v) is 37.8. The van der Waals surface area contributed by atoms with Gasteiger partial charge >= 0.3 is 0 Å². The Hall–Kier alpha value is -7.74. The number of hydrogen-bond acceptors (Lipinski definition) is 12. The normalized spacial score (nSPS) is 13.1. The highest BCUT2D eigenvalue weighted by Gasteiger charge is 2.32. The smallest absolute Gasteiger partial charge is 0.297 e. The number of imidazole rings is 1. The summed E-state index contributed by atoms with van der Waals surface area (Å²) >= 11 is 0. The molecule has 0 aliphatic heterocycles. The van der Waals surface area contributed by atoms with Gasteiger partial charge in [-0.1, -0.05) is 47.4 Å². The molecule has 2 heterocycles. The summed E-state index contributed by atoms with van der Waals surface area (Å²) in [5.74, 6) is -6.76. The molecule has 0 saturated heterocycles. The molecule has 0 aliphatic rings. The summed E-state index contributed by atoms with van der Waals surface area (Å²) in [7, 11) is -4.76. The molecule has 14 N–H and O–H groups in total. The van der Waals surface area contributed by atoms with Crippen LogP contribution >= 0.6 is 0 Å². The summed E-state index contributed by atoms with van der Waals surface area (Å²) in [5.41, 5.74) is 16.3. The predicted molar refractivity (Wildman–Crippen MR) is 245 cm³/mol. The molecule has 4 aromatic rings. The molecule has 2 aromatic heterocycles. The fourth-order valence-electron chi connectivity index (χ4n) is 6.27. The number of hydrazine groups is 1. The van der Waals surface area contributed by atoms with Crippen LogP contribution in [0.3, 0.4) is 0 Å². The molecule has 7 amide bonds. The van der Waals surface area contributed by atoms with E-state index in [9.17, 15) is 51.5 Å². The molecule has 25 heteroatoms. The molecule has 0 fully saturated rings. The van der Waals surface area contributed by atoms with Gasteiger partial charge in [0.1, 0.15) is 29.7 Å². The predicted octanol–water partition coefficient (Wildman–Crippen LogP) is -1.83. The fraction of sp³-hybridized carbons (Fsp3) is 0.302. The number of aromatic hydroxyl groups is 1. The van der Waals surface area contributed by atoms with Crippen LogP contribution in [0.2, 0.25) is 0 Å². The minimum atomic E-state index is -4.76. The maximum absolute atomic E-state index is 14.2. The number of aromatic amines is 2. The third-order valence-corrected chi connectivity index (χ3v) is 11.1. The number of primary amides is 1. The molecular weight excluding hydrogens is 910 g/mol. The Morgan fingerprint density at radius 1 is 0.838 bits per heavy atom. The summed E-state index contributed by atoms with van der Waals surface area (Å²) < 4.78 is 43.0. The number of nitrogens with one attached hydrogen (secondary N) is 9. The summed E-state index contributed by atoms with van der Waals surface area (Å²) in [4.78, 5) is 101. The number of allylic oxidation sites excluding steroid dienone is 1. The van der Waals surface area contributed by atoms with Gasteiger partial charge in [-0.2, -0.15) is 13.1 Å². The van der Waals surface area contributed by atoms with Crippen LogP contribution in [0.25, 0.3) is 12.2 Å². The van der Waals surface area contributed by atoms with Crippen molar-refractivity contribution in [3.8, 4) is 5.75 Å². The summed E-state index contributed by atoms with van der Waals surface area (Å²) in [6, 6.07) is 5.25. The van der Waals surface area contributed by atoms with E-state index in [2.05, 4.69) is 53.5 Å². The van der Waals surface area contributed by atoms with Crippen molar-refractivity contribution in [1.29, 1.82) is 0 Å². The van der Waals surface area contributed by atoms with Gasteiger partial charge < -0.3 is 53.1 Å². The lowest BCUT2D eigenvalue weighted by molar-refractivity contribution is -0.134. The first kappa shape index (κ1) is 52.9. The molecule has 0 radical (unpaired) electrons. The summed E-state index contributed by atoms with van der Waals surface area (Å²) in [6.07, 6.45) is 9.12. The molecular formula is C43H54FN13O10S. The summed E-state index contributed by atoms with van der Waals surface area (Å²) in [6.45, 7) is 4.16. The lowest BCUT2D eigenvalue weighted by Gasteiger charge is -2.27. The zero-order chi connectivity index (χ0) is 50.0. The average Bonchev–Trinajstić information content (AvgIpc) is 3.97. The first-order chi connectivity index (χ1) is 32.3. The number of halogens is 1. The number of carbonyl (C=O) groups is 7. The minimum absolute atomic E-state index is 0.0323. The number of aromatic nitrogens is 3. The minimum Gasteiger partial charge on any atom is -0.508 e. The topological polar surface area (TPSA) is 358 Å². The maximum atomic E-state index is 14.2. The van der Waals surface area contributed by atoms with Gasteiger partial charge in [-0.3, -0.25) is 39.0 Å². The monoisotopic (exact) mass is 963 g/mol. The Morgan fingerprint density at radius 2 is 1.50 bits per heavy atom. The fourth-order valence-corrected chi connectivity index (χ4v) is 7.26. The molecule has 0 bridgehead atoms. The van der Waals surface area contributed by atoms with Crippen molar-refractivity contribution in [2.45, 2.75) is 63.8 Å². The number of amides is 7. The highest BCUT2D eigenvalue weighted by Crippen LogP contribution is 2.20. The van der Waals surface area contributed by atoms with E-state index >= 15 is 0 Å². The van der Waals surface area contributed by atoms with Crippen LogP contribution in [0.15, 0.2) is 79.9 Å². The van der Waals surface area contributed by atoms with Gasteiger partial charge in [-0.25, -0.2) is 9.37 Å². The van der Waals surface area contributed by atoms with E-state index in [-0.39, 0.29) is 30.6 Å². The number of phenolic OH excluding ortho intramolecular Hbond substituents is 1. The number of hydrogen-bond donors (Lipinski definition) is 12. The zero-order valence-electron chi connectivity index (χ0n) is 37.0.